The number of benzene rings is 2. The number of fused-ring (bicyclic) bond motifs is 1. The lowest BCUT2D eigenvalue weighted by molar-refractivity contribution is 0.250. The van der Waals surface area contributed by atoms with Crippen LogP contribution in [0, 0.1) is 0 Å². The molecule has 0 bridgehead atoms. The lowest BCUT2D eigenvalue weighted by Crippen LogP contribution is -2.33. The number of carbonyl (C=O) groups is 1. The topological polar surface area (TPSA) is 87.1 Å². The number of aromatic nitrogens is 2. The van der Waals surface area contributed by atoms with Crippen molar-refractivity contribution >= 4 is 34.2 Å². The quantitative estimate of drug-likeness (QED) is 0.422. The molecule has 0 spiro atoms. The normalized spacial score (nSPS) is 11.8. The van der Waals surface area contributed by atoms with E-state index in [1.807, 2.05) is 48.5 Å². The minimum Gasteiger partial charge on any atom is -0.504 e. The van der Waals surface area contributed by atoms with Gasteiger partial charge in [-0.3, -0.25) is 9.97 Å². The molecule has 7 heteroatoms. The van der Waals surface area contributed by atoms with Crippen LogP contribution in [0.1, 0.15) is 17.3 Å². The Morgan fingerprint density at radius 3 is 2.48 bits per heavy atom. The van der Waals surface area contributed by atoms with E-state index in [0.717, 1.165) is 5.56 Å². The van der Waals surface area contributed by atoms with E-state index in [4.69, 9.17) is 11.6 Å². The van der Waals surface area contributed by atoms with Crippen LogP contribution in [0.25, 0.3) is 10.9 Å². The van der Waals surface area contributed by atoms with Gasteiger partial charge in [0, 0.05) is 17.8 Å². The number of halogens is 1. The molecule has 0 aliphatic heterocycles. The number of phenolic OH excluding ortho intramolecular Hbond substituents is 1. The van der Waals surface area contributed by atoms with Crippen LogP contribution in [-0.4, -0.2) is 21.1 Å². The molecule has 1 unspecified atom stereocenters. The maximum Gasteiger partial charge on any atom is 0.320 e. The Morgan fingerprint density at radius 1 is 0.966 bits per heavy atom. The third kappa shape index (κ3) is 3.97. The van der Waals surface area contributed by atoms with Crippen LogP contribution in [0.2, 0.25) is 5.02 Å². The monoisotopic (exact) mass is 404 g/mol. The van der Waals surface area contributed by atoms with Crippen LogP contribution in [0.5, 0.6) is 5.75 Å². The Hall–Kier alpha value is -3.64. The maximum atomic E-state index is 12.7. The molecule has 3 N–H and O–H groups in total. The number of pyridine rings is 2. The summed E-state index contributed by atoms with van der Waals surface area (Å²) in [7, 11) is 0. The average Bonchev–Trinajstić information content (AvgIpc) is 2.77. The molecule has 0 saturated heterocycles. The summed E-state index contributed by atoms with van der Waals surface area (Å²) >= 11 is 6.28. The molecule has 144 valence electrons. The summed E-state index contributed by atoms with van der Waals surface area (Å²) < 4.78 is 0. The van der Waals surface area contributed by atoms with Crippen molar-refractivity contribution in [2.75, 3.05) is 5.32 Å². The Kier molecular flexibility index (Phi) is 5.27. The van der Waals surface area contributed by atoms with E-state index in [9.17, 15) is 9.90 Å². The van der Waals surface area contributed by atoms with Gasteiger partial charge in [-0.05, 0) is 35.9 Å². The van der Waals surface area contributed by atoms with Crippen LogP contribution < -0.4 is 10.6 Å². The van der Waals surface area contributed by atoms with Gasteiger partial charge in [-0.15, -0.1) is 0 Å². The first kappa shape index (κ1) is 18.7. The van der Waals surface area contributed by atoms with Gasteiger partial charge >= 0.3 is 6.03 Å². The molecular formula is C22H17ClN4O2. The molecule has 2 aromatic heterocycles. The molecule has 0 fully saturated rings. The zero-order chi connectivity index (χ0) is 20.2. The van der Waals surface area contributed by atoms with Crippen molar-refractivity contribution in [2.24, 2.45) is 0 Å². The third-order valence-electron chi connectivity index (χ3n) is 4.46. The van der Waals surface area contributed by atoms with Gasteiger partial charge in [0.05, 0.1) is 22.4 Å². The second kappa shape index (κ2) is 8.16. The molecule has 0 aliphatic rings. The fourth-order valence-electron chi connectivity index (χ4n) is 3.09. The molecule has 0 saturated carbocycles. The van der Waals surface area contributed by atoms with E-state index < -0.39 is 12.1 Å². The second-order valence-corrected chi connectivity index (χ2v) is 6.76. The lowest BCUT2D eigenvalue weighted by Gasteiger charge is -2.19. The minimum absolute atomic E-state index is 0.144. The van der Waals surface area contributed by atoms with E-state index in [2.05, 4.69) is 20.6 Å². The predicted molar refractivity (Wildman–Crippen MR) is 113 cm³/mol. The van der Waals surface area contributed by atoms with Crippen molar-refractivity contribution in [2.45, 2.75) is 6.04 Å². The van der Waals surface area contributed by atoms with Crippen LogP contribution in [-0.2, 0) is 0 Å². The highest BCUT2D eigenvalue weighted by Crippen LogP contribution is 2.36. The number of hydrogen-bond acceptors (Lipinski definition) is 4. The highest BCUT2D eigenvalue weighted by molar-refractivity contribution is 6.36. The molecule has 2 aromatic carbocycles. The second-order valence-electron chi connectivity index (χ2n) is 6.35. The number of carbonyl (C=O) groups excluding carboxylic acids is 1. The van der Waals surface area contributed by atoms with Crippen LogP contribution in [0.4, 0.5) is 10.5 Å². The first-order valence-corrected chi connectivity index (χ1v) is 9.31. The minimum atomic E-state index is -0.508. The third-order valence-corrected chi connectivity index (χ3v) is 4.77. The molecule has 4 rings (SSSR count). The molecule has 29 heavy (non-hydrogen) atoms. The first-order valence-electron chi connectivity index (χ1n) is 8.93. The maximum absolute atomic E-state index is 12.7. The van der Waals surface area contributed by atoms with Gasteiger partial charge in [0.25, 0.3) is 0 Å². The number of hydrogen-bond donors (Lipinski definition) is 3. The van der Waals surface area contributed by atoms with Crippen LogP contribution >= 0.6 is 11.6 Å². The predicted octanol–water partition coefficient (Wildman–Crippen LogP) is 4.90. The van der Waals surface area contributed by atoms with Gasteiger partial charge in [-0.2, -0.15) is 0 Å². The molecule has 1 atom stereocenters. The van der Waals surface area contributed by atoms with E-state index >= 15 is 0 Å². The Labute approximate surface area is 172 Å². The molecule has 0 radical (unpaired) electrons. The van der Waals surface area contributed by atoms with E-state index in [-0.39, 0.29) is 11.4 Å². The number of anilines is 1. The number of nitrogens with zero attached hydrogens (tertiary/aromatic N) is 2. The zero-order valence-electron chi connectivity index (χ0n) is 15.2. The van der Waals surface area contributed by atoms with Crippen molar-refractivity contribution < 1.29 is 9.90 Å². The summed E-state index contributed by atoms with van der Waals surface area (Å²) in [5.41, 5.74) is 2.06. The highest BCUT2D eigenvalue weighted by Gasteiger charge is 2.19. The van der Waals surface area contributed by atoms with Crippen LogP contribution in [0.15, 0.2) is 79.1 Å². The summed E-state index contributed by atoms with van der Waals surface area (Å²) in [6, 6.07) is 19.0. The number of phenols is 1. The van der Waals surface area contributed by atoms with Crippen LogP contribution in [0.3, 0.4) is 0 Å². The average molecular weight is 405 g/mol. The highest BCUT2D eigenvalue weighted by atomic mass is 35.5. The van der Waals surface area contributed by atoms with Crippen molar-refractivity contribution in [3.8, 4) is 5.75 Å². The summed E-state index contributed by atoms with van der Waals surface area (Å²) in [4.78, 5) is 21.3. The fourth-order valence-corrected chi connectivity index (χ4v) is 3.35. The van der Waals surface area contributed by atoms with E-state index in [0.29, 0.717) is 21.6 Å². The van der Waals surface area contributed by atoms with Gasteiger partial charge in [-0.25, -0.2) is 4.79 Å². The molecule has 2 heterocycles. The first-order chi connectivity index (χ1) is 14.1. The SMILES string of the molecule is O=C(Nc1cc(Cl)c2cccnc2c1O)NC(c1ccccc1)c1ccccn1. The Balaban J connectivity index is 1.62. The number of urea groups is 1. The van der Waals surface area contributed by atoms with Crippen molar-refractivity contribution in [3.05, 3.63) is 95.4 Å². The van der Waals surface area contributed by atoms with Crippen molar-refractivity contribution in [1.82, 2.24) is 15.3 Å². The molecule has 0 aliphatic carbocycles. The van der Waals surface area contributed by atoms with E-state index in [1.165, 1.54) is 6.07 Å². The zero-order valence-corrected chi connectivity index (χ0v) is 16.0. The van der Waals surface area contributed by atoms with Gasteiger partial charge in [-0.1, -0.05) is 48.0 Å². The molecule has 4 aromatic rings. The number of nitrogens with one attached hydrogen (secondary N) is 2. The number of amides is 2. The molecule has 2 amide bonds. The molecule has 6 nitrogen and oxygen atoms in total. The van der Waals surface area contributed by atoms with Gasteiger partial charge in [0.1, 0.15) is 5.52 Å². The van der Waals surface area contributed by atoms with Gasteiger partial charge in [0.15, 0.2) is 5.75 Å². The summed E-state index contributed by atoms with van der Waals surface area (Å²) in [5, 5.41) is 17.1. The van der Waals surface area contributed by atoms with Gasteiger partial charge in [0.2, 0.25) is 0 Å². The van der Waals surface area contributed by atoms with Crippen molar-refractivity contribution in [1.29, 1.82) is 0 Å². The smallest absolute Gasteiger partial charge is 0.320 e. The Bertz CT molecular complexity index is 1110. The van der Waals surface area contributed by atoms with Gasteiger partial charge < -0.3 is 15.7 Å². The number of rotatable bonds is 4. The van der Waals surface area contributed by atoms with Crippen molar-refractivity contribution in [3.63, 3.8) is 0 Å². The summed E-state index contributed by atoms with van der Waals surface area (Å²) in [5.74, 6) is -0.144. The fraction of sp³-hybridized carbons (Fsp3) is 0.0455. The van der Waals surface area contributed by atoms with E-state index in [1.54, 1.807) is 24.5 Å². The number of aromatic hydroxyl groups is 1. The largest absolute Gasteiger partial charge is 0.504 e. The standard InChI is InChI=1S/C22H17ClN4O2/c23-16-13-18(21(28)20-15(16)9-6-12-25-20)26-22(29)27-19(14-7-2-1-3-8-14)17-10-4-5-11-24-17/h1-13,19,28H,(H2,26,27,29). The summed E-state index contributed by atoms with van der Waals surface area (Å²) in [6.45, 7) is 0. The summed E-state index contributed by atoms with van der Waals surface area (Å²) in [6.07, 6.45) is 3.22. The lowest BCUT2D eigenvalue weighted by atomic mass is 10.0. The Morgan fingerprint density at radius 2 is 1.72 bits per heavy atom. The molecular weight excluding hydrogens is 388 g/mol.